The van der Waals surface area contributed by atoms with Crippen molar-refractivity contribution >= 4 is 23.2 Å². The summed E-state index contributed by atoms with van der Waals surface area (Å²) in [5.74, 6) is -0.291. The molecule has 2 N–H and O–H groups in total. The Morgan fingerprint density at radius 3 is 2.22 bits per heavy atom. The second-order valence-electron chi connectivity index (χ2n) is 8.27. The van der Waals surface area contributed by atoms with Crippen LogP contribution in [0.15, 0.2) is 24.3 Å². The van der Waals surface area contributed by atoms with Crippen molar-refractivity contribution in [3.8, 4) is 0 Å². The molecule has 6 nitrogen and oxygen atoms in total. The van der Waals surface area contributed by atoms with Gasteiger partial charge in [0.2, 0.25) is 11.8 Å². The number of rotatable bonds is 5. The highest BCUT2D eigenvalue weighted by Crippen LogP contribution is 2.40. The molecular formula is C21H30N4O2. The molecule has 2 saturated carbocycles. The molecule has 27 heavy (non-hydrogen) atoms. The van der Waals surface area contributed by atoms with Crippen molar-refractivity contribution in [2.24, 2.45) is 11.8 Å². The normalized spacial score (nSPS) is 26.0. The van der Waals surface area contributed by atoms with E-state index in [9.17, 15) is 9.59 Å². The van der Waals surface area contributed by atoms with Gasteiger partial charge in [0.1, 0.15) is 0 Å². The first-order valence-electron chi connectivity index (χ1n) is 10.2. The molecular weight excluding hydrogens is 340 g/mol. The van der Waals surface area contributed by atoms with Crippen LogP contribution in [0.4, 0.5) is 11.4 Å². The van der Waals surface area contributed by atoms with Crippen LogP contribution in [0, 0.1) is 11.8 Å². The Morgan fingerprint density at radius 2 is 1.56 bits per heavy atom. The van der Waals surface area contributed by atoms with Crippen LogP contribution in [0.3, 0.4) is 0 Å². The molecule has 1 saturated heterocycles. The average Bonchev–Trinajstić information content (AvgIpc) is 3.33. The topological polar surface area (TPSA) is 64.7 Å². The Hall–Kier alpha value is -2.08. The highest BCUT2D eigenvalue weighted by atomic mass is 16.2. The van der Waals surface area contributed by atoms with E-state index in [1.165, 1.54) is 18.5 Å². The molecule has 2 amide bonds. The van der Waals surface area contributed by atoms with Crippen LogP contribution in [0.5, 0.6) is 0 Å². The number of nitrogens with zero attached hydrogens (tertiary/aromatic N) is 2. The molecule has 0 aromatic heterocycles. The molecule has 0 radical (unpaired) electrons. The monoisotopic (exact) mass is 370 g/mol. The number of anilines is 2. The van der Waals surface area contributed by atoms with Crippen molar-refractivity contribution in [1.82, 2.24) is 10.2 Å². The fourth-order valence-corrected chi connectivity index (χ4v) is 4.21. The SMILES string of the molecule is CN1CCN(c2ccc(NC(=O)C3CC3C(=O)NC3CCCC3)cc2)CC1. The number of hydrogen-bond donors (Lipinski definition) is 2. The predicted molar refractivity (Wildman–Crippen MR) is 107 cm³/mol. The highest BCUT2D eigenvalue weighted by molar-refractivity contribution is 5.99. The van der Waals surface area contributed by atoms with Crippen LogP contribution in [0.2, 0.25) is 0 Å². The second kappa shape index (κ2) is 7.89. The van der Waals surface area contributed by atoms with Crippen molar-refractivity contribution in [2.75, 3.05) is 43.4 Å². The molecule has 146 valence electrons. The zero-order chi connectivity index (χ0) is 18.8. The summed E-state index contributed by atoms with van der Waals surface area (Å²) < 4.78 is 0. The van der Waals surface area contributed by atoms with Crippen molar-refractivity contribution in [3.05, 3.63) is 24.3 Å². The minimum Gasteiger partial charge on any atom is -0.369 e. The van der Waals surface area contributed by atoms with Gasteiger partial charge >= 0.3 is 0 Å². The van der Waals surface area contributed by atoms with Gasteiger partial charge in [-0.15, -0.1) is 0 Å². The van der Waals surface area contributed by atoms with Crippen LogP contribution in [-0.2, 0) is 9.59 Å². The van der Waals surface area contributed by atoms with Crippen LogP contribution >= 0.6 is 0 Å². The number of piperazine rings is 1. The van der Waals surface area contributed by atoms with Crippen molar-refractivity contribution in [2.45, 2.75) is 38.1 Å². The molecule has 2 atom stereocenters. The van der Waals surface area contributed by atoms with E-state index < -0.39 is 0 Å². The van der Waals surface area contributed by atoms with Gasteiger partial charge in [-0.25, -0.2) is 0 Å². The molecule has 1 aliphatic heterocycles. The molecule has 0 bridgehead atoms. The van der Waals surface area contributed by atoms with Gasteiger partial charge in [-0.2, -0.15) is 0 Å². The third-order valence-electron chi connectivity index (χ3n) is 6.17. The zero-order valence-electron chi connectivity index (χ0n) is 16.1. The molecule has 1 heterocycles. The molecule has 2 aliphatic carbocycles. The lowest BCUT2D eigenvalue weighted by molar-refractivity contribution is -0.125. The van der Waals surface area contributed by atoms with Gasteiger partial charge in [0.25, 0.3) is 0 Å². The summed E-state index contributed by atoms with van der Waals surface area (Å²) in [6.07, 6.45) is 5.22. The summed E-state index contributed by atoms with van der Waals surface area (Å²) in [5, 5.41) is 6.08. The van der Waals surface area contributed by atoms with Gasteiger partial charge in [-0.1, -0.05) is 12.8 Å². The van der Waals surface area contributed by atoms with E-state index in [-0.39, 0.29) is 23.7 Å². The minimum absolute atomic E-state index is 0.0334. The van der Waals surface area contributed by atoms with E-state index in [2.05, 4.69) is 39.6 Å². The second-order valence-corrected chi connectivity index (χ2v) is 8.27. The number of nitrogens with one attached hydrogen (secondary N) is 2. The van der Waals surface area contributed by atoms with Crippen molar-refractivity contribution in [3.63, 3.8) is 0 Å². The number of hydrogen-bond acceptors (Lipinski definition) is 4. The van der Waals surface area contributed by atoms with Gasteiger partial charge in [-0.05, 0) is 50.6 Å². The van der Waals surface area contributed by atoms with E-state index >= 15 is 0 Å². The number of benzene rings is 1. The van der Waals surface area contributed by atoms with Crippen LogP contribution in [-0.4, -0.2) is 56.0 Å². The summed E-state index contributed by atoms with van der Waals surface area (Å²) in [6.45, 7) is 4.21. The van der Waals surface area contributed by atoms with Crippen LogP contribution < -0.4 is 15.5 Å². The summed E-state index contributed by atoms with van der Waals surface area (Å²) in [6, 6.07) is 8.38. The van der Waals surface area contributed by atoms with E-state index in [0.29, 0.717) is 12.5 Å². The lowest BCUT2D eigenvalue weighted by Crippen LogP contribution is -2.44. The Morgan fingerprint density at radius 1 is 0.926 bits per heavy atom. The Kier molecular flexibility index (Phi) is 5.34. The van der Waals surface area contributed by atoms with E-state index in [1.807, 2.05) is 12.1 Å². The largest absolute Gasteiger partial charge is 0.369 e. The molecule has 1 aromatic rings. The van der Waals surface area contributed by atoms with Crippen molar-refractivity contribution in [1.29, 1.82) is 0 Å². The highest BCUT2D eigenvalue weighted by Gasteiger charge is 2.48. The fourth-order valence-electron chi connectivity index (χ4n) is 4.21. The molecule has 2 unspecified atom stereocenters. The fraction of sp³-hybridized carbons (Fsp3) is 0.619. The van der Waals surface area contributed by atoms with Gasteiger partial charge in [0.05, 0.1) is 11.8 Å². The molecule has 6 heteroatoms. The number of likely N-dealkylation sites (N-methyl/N-ethyl adjacent to an activating group) is 1. The molecule has 4 rings (SSSR count). The lowest BCUT2D eigenvalue weighted by Gasteiger charge is -2.34. The maximum absolute atomic E-state index is 12.4. The predicted octanol–water partition coefficient (Wildman–Crippen LogP) is 2.07. The van der Waals surface area contributed by atoms with Crippen LogP contribution in [0.25, 0.3) is 0 Å². The van der Waals surface area contributed by atoms with Crippen molar-refractivity contribution < 1.29 is 9.59 Å². The van der Waals surface area contributed by atoms with Gasteiger partial charge < -0.3 is 20.4 Å². The first kappa shape index (κ1) is 18.3. The van der Waals surface area contributed by atoms with Gasteiger partial charge in [0, 0.05) is 43.6 Å². The summed E-state index contributed by atoms with van der Waals surface area (Å²) in [5.41, 5.74) is 2.00. The molecule has 3 aliphatic rings. The van der Waals surface area contributed by atoms with E-state index in [4.69, 9.17) is 0 Å². The zero-order valence-corrected chi connectivity index (χ0v) is 16.1. The third-order valence-corrected chi connectivity index (χ3v) is 6.17. The Labute approximate surface area is 161 Å². The number of carbonyl (C=O) groups excluding carboxylic acids is 2. The molecule has 0 spiro atoms. The Balaban J connectivity index is 1.25. The quantitative estimate of drug-likeness (QED) is 0.833. The van der Waals surface area contributed by atoms with Crippen LogP contribution in [0.1, 0.15) is 32.1 Å². The lowest BCUT2D eigenvalue weighted by atomic mass is 10.2. The summed E-state index contributed by atoms with van der Waals surface area (Å²) >= 11 is 0. The average molecular weight is 370 g/mol. The van der Waals surface area contributed by atoms with E-state index in [0.717, 1.165) is 44.7 Å². The number of carbonyl (C=O) groups is 2. The summed E-state index contributed by atoms with van der Waals surface area (Å²) in [7, 11) is 2.15. The number of amides is 2. The first-order valence-corrected chi connectivity index (χ1v) is 10.2. The maximum atomic E-state index is 12.4. The maximum Gasteiger partial charge on any atom is 0.228 e. The third kappa shape index (κ3) is 4.43. The molecule has 1 aromatic carbocycles. The Bertz CT molecular complexity index is 676. The first-order chi connectivity index (χ1) is 13.1. The standard InChI is InChI=1S/C21H30N4O2/c1-24-10-12-25(13-11-24)17-8-6-16(7-9-17)23-21(27)19-14-18(19)20(26)22-15-4-2-3-5-15/h6-9,15,18-19H,2-5,10-14H2,1H3,(H,22,26)(H,23,27). The smallest absolute Gasteiger partial charge is 0.228 e. The summed E-state index contributed by atoms with van der Waals surface area (Å²) in [4.78, 5) is 29.4. The van der Waals surface area contributed by atoms with E-state index in [1.54, 1.807) is 0 Å². The minimum atomic E-state index is -0.177. The van der Waals surface area contributed by atoms with Gasteiger partial charge in [-0.3, -0.25) is 9.59 Å². The van der Waals surface area contributed by atoms with Gasteiger partial charge in [0.15, 0.2) is 0 Å². The molecule has 3 fully saturated rings.